The first-order valence-electron chi connectivity index (χ1n) is 11.9. The van der Waals surface area contributed by atoms with Crippen molar-refractivity contribution in [3.05, 3.63) is 53.7 Å². The van der Waals surface area contributed by atoms with Crippen molar-refractivity contribution in [1.29, 1.82) is 0 Å². The van der Waals surface area contributed by atoms with E-state index in [0.29, 0.717) is 23.7 Å². The minimum atomic E-state index is -0.607. The number of anilines is 2. The van der Waals surface area contributed by atoms with E-state index in [0.717, 1.165) is 22.6 Å². The topological polar surface area (TPSA) is 77.1 Å². The van der Waals surface area contributed by atoms with Crippen LogP contribution >= 0.6 is 0 Å². The molecule has 2 atom stereocenters. The van der Waals surface area contributed by atoms with Crippen LogP contribution in [-0.2, 0) is 9.59 Å². The quantitative estimate of drug-likeness (QED) is 0.623. The fraction of sp³-hybridized carbons (Fsp3) is 0.429. The Labute approximate surface area is 207 Å². The lowest BCUT2D eigenvalue weighted by molar-refractivity contribution is -0.125. The van der Waals surface area contributed by atoms with Gasteiger partial charge in [0, 0.05) is 18.0 Å². The first-order valence-corrected chi connectivity index (χ1v) is 11.9. The molecule has 7 nitrogen and oxygen atoms in total. The second kappa shape index (κ2) is 9.29. The number of rotatable bonds is 5. The summed E-state index contributed by atoms with van der Waals surface area (Å²) < 4.78 is 16.8. The number of fused-ring (bicyclic) bond motifs is 2. The van der Waals surface area contributed by atoms with Crippen LogP contribution in [0.25, 0.3) is 0 Å². The Hall–Kier alpha value is -3.48. The number of carbonyl (C=O) groups is 2. The van der Waals surface area contributed by atoms with E-state index in [1.165, 1.54) is 0 Å². The number of para-hydroxylation sites is 2. The minimum Gasteiger partial charge on any atom is -0.493 e. The molecule has 0 saturated heterocycles. The van der Waals surface area contributed by atoms with Gasteiger partial charge in [-0.3, -0.25) is 9.59 Å². The summed E-state index contributed by atoms with van der Waals surface area (Å²) >= 11 is 0. The van der Waals surface area contributed by atoms with E-state index in [4.69, 9.17) is 14.2 Å². The van der Waals surface area contributed by atoms with Crippen molar-refractivity contribution in [2.24, 2.45) is 17.3 Å². The molecule has 0 aromatic heterocycles. The number of allylic oxidation sites excluding steroid dienone is 1. The normalized spacial score (nSPS) is 20.7. The Balaban J connectivity index is 2.06. The molecule has 1 heterocycles. The first-order chi connectivity index (χ1) is 16.6. The largest absolute Gasteiger partial charge is 0.493 e. The number of amides is 1. The van der Waals surface area contributed by atoms with Gasteiger partial charge < -0.3 is 24.4 Å². The summed E-state index contributed by atoms with van der Waals surface area (Å²) in [6, 6.07) is 10.8. The van der Waals surface area contributed by atoms with Crippen molar-refractivity contribution in [2.75, 3.05) is 31.5 Å². The average Bonchev–Trinajstić information content (AvgIpc) is 2.95. The van der Waals surface area contributed by atoms with Gasteiger partial charge in [0.05, 0.1) is 44.7 Å². The maximum Gasteiger partial charge on any atom is 0.230 e. The first kappa shape index (κ1) is 24.6. The predicted molar refractivity (Wildman–Crippen MR) is 136 cm³/mol. The number of hydrogen-bond acceptors (Lipinski definition) is 6. The summed E-state index contributed by atoms with van der Waals surface area (Å²) in [5.41, 5.74) is 2.75. The van der Waals surface area contributed by atoms with Crippen molar-refractivity contribution >= 4 is 23.1 Å². The van der Waals surface area contributed by atoms with Crippen LogP contribution < -0.4 is 24.4 Å². The highest BCUT2D eigenvalue weighted by molar-refractivity contribution is 6.02. The van der Waals surface area contributed by atoms with Crippen molar-refractivity contribution in [2.45, 2.75) is 40.2 Å². The Morgan fingerprint density at radius 2 is 1.69 bits per heavy atom. The molecule has 0 spiro atoms. The second-order valence-corrected chi connectivity index (χ2v) is 10.1. The third kappa shape index (κ3) is 4.35. The molecule has 0 saturated carbocycles. The van der Waals surface area contributed by atoms with Crippen molar-refractivity contribution in [1.82, 2.24) is 0 Å². The Morgan fingerprint density at radius 1 is 1.06 bits per heavy atom. The molecule has 1 aliphatic carbocycles. The van der Waals surface area contributed by atoms with Gasteiger partial charge in [-0.2, -0.15) is 0 Å². The van der Waals surface area contributed by atoms with Gasteiger partial charge in [0.15, 0.2) is 11.5 Å². The van der Waals surface area contributed by atoms with E-state index in [9.17, 15) is 9.59 Å². The maximum atomic E-state index is 13.8. The lowest BCUT2D eigenvalue weighted by atomic mass is 9.72. The Bertz CT molecular complexity index is 1160. The molecule has 2 unspecified atom stereocenters. The molecule has 2 aliphatic rings. The number of ketones is 1. The van der Waals surface area contributed by atoms with E-state index in [2.05, 4.69) is 25.2 Å². The number of nitrogens with zero attached hydrogens (tertiary/aromatic N) is 1. The zero-order valence-corrected chi connectivity index (χ0v) is 21.5. The molecule has 4 rings (SSSR count). The summed E-state index contributed by atoms with van der Waals surface area (Å²) in [5.74, 6) is 0.538. The molecule has 1 aliphatic heterocycles. The minimum absolute atomic E-state index is 0.0723. The van der Waals surface area contributed by atoms with E-state index in [-0.39, 0.29) is 23.0 Å². The highest BCUT2D eigenvalue weighted by atomic mass is 16.5. The zero-order chi connectivity index (χ0) is 25.5. The standard InChI is InChI=1S/C28H34N2O5/c1-16(2)27(32)30-20-11-9-8-10-18(20)29-19-14-28(3,4)15-21(31)24(19)25(30)17-12-22(33-5)26(35-7)23(13-17)34-6/h8-14,16,24-25,29H,15H2,1-7H3. The van der Waals surface area contributed by atoms with Crippen LogP contribution in [0.4, 0.5) is 11.4 Å². The van der Waals surface area contributed by atoms with Gasteiger partial charge in [0.2, 0.25) is 11.7 Å². The molecule has 0 fully saturated rings. The fourth-order valence-corrected chi connectivity index (χ4v) is 5.15. The van der Waals surface area contributed by atoms with Gasteiger partial charge >= 0.3 is 0 Å². The molecular weight excluding hydrogens is 444 g/mol. The number of nitrogens with one attached hydrogen (secondary N) is 1. The van der Waals surface area contributed by atoms with Crippen molar-refractivity contribution in [3.63, 3.8) is 0 Å². The summed E-state index contributed by atoms with van der Waals surface area (Å²) in [4.78, 5) is 29.4. The van der Waals surface area contributed by atoms with Crippen LogP contribution in [-0.4, -0.2) is 33.0 Å². The summed E-state index contributed by atoms with van der Waals surface area (Å²) in [6.45, 7) is 7.85. The highest BCUT2D eigenvalue weighted by Crippen LogP contribution is 2.51. The van der Waals surface area contributed by atoms with Crippen molar-refractivity contribution in [3.8, 4) is 17.2 Å². The van der Waals surface area contributed by atoms with Gasteiger partial charge in [0.1, 0.15) is 5.78 Å². The molecule has 1 N–H and O–H groups in total. The van der Waals surface area contributed by atoms with E-state index in [1.54, 1.807) is 26.2 Å². The van der Waals surface area contributed by atoms with Crippen LogP contribution in [0.15, 0.2) is 48.2 Å². The molecule has 1 amide bonds. The Kier molecular flexibility index (Phi) is 6.54. The number of Topliss-reactive ketones (excluding diaryl/α,β-unsaturated/α-hetero) is 1. The lowest BCUT2D eigenvalue weighted by Crippen LogP contribution is -2.45. The second-order valence-electron chi connectivity index (χ2n) is 10.1. The monoisotopic (exact) mass is 478 g/mol. The molecule has 186 valence electrons. The van der Waals surface area contributed by atoms with Gasteiger partial charge in [-0.05, 0) is 35.2 Å². The zero-order valence-electron chi connectivity index (χ0n) is 21.5. The molecule has 7 heteroatoms. The molecule has 2 aromatic carbocycles. The van der Waals surface area contributed by atoms with Crippen LogP contribution in [0.3, 0.4) is 0 Å². The number of carbonyl (C=O) groups excluding carboxylic acids is 2. The smallest absolute Gasteiger partial charge is 0.230 e. The van der Waals surface area contributed by atoms with Gasteiger partial charge in [-0.15, -0.1) is 0 Å². The Morgan fingerprint density at radius 3 is 2.26 bits per heavy atom. The molecule has 0 radical (unpaired) electrons. The third-order valence-electron chi connectivity index (χ3n) is 6.65. The van der Waals surface area contributed by atoms with Crippen LogP contribution in [0, 0.1) is 17.3 Å². The number of methoxy groups -OCH3 is 3. The predicted octanol–water partition coefficient (Wildman–Crippen LogP) is 5.37. The number of benzene rings is 2. The fourth-order valence-electron chi connectivity index (χ4n) is 5.15. The number of hydrogen-bond donors (Lipinski definition) is 1. The summed E-state index contributed by atoms with van der Waals surface area (Å²) in [6.07, 6.45) is 2.51. The van der Waals surface area contributed by atoms with Crippen LogP contribution in [0.5, 0.6) is 17.2 Å². The molecular formula is C28H34N2O5. The summed E-state index contributed by atoms with van der Waals surface area (Å²) in [5, 5.41) is 3.51. The maximum absolute atomic E-state index is 13.8. The number of ether oxygens (including phenoxy) is 3. The summed E-state index contributed by atoms with van der Waals surface area (Å²) in [7, 11) is 4.66. The van der Waals surface area contributed by atoms with Crippen LogP contribution in [0.2, 0.25) is 0 Å². The third-order valence-corrected chi connectivity index (χ3v) is 6.65. The average molecular weight is 479 g/mol. The van der Waals surface area contributed by atoms with E-state index < -0.39 is 12.0 Å². The van der Waals surface area contributed by atoms with E-state index >= 15 is 0 Å². The van der Waals surface area contributed by atoms with Gasteiger partial charge in [-0.25, -0.2) is 0 Å². The van der Waals surface area contributed by atoms with E-state index in [1.807, 2.05) is 50.2 Å². The lowest BCUT2D eigenvalue weighted by Gasteiger charge is -2.40. The van der Waals surface area contributed by atoms with Crippen molar-refractivity contribution < 1.29 is 23.8 Å². The molecule has 35 heavy (non-hydrogen) atoms. The highest BCUT2D eigenvalue weighted by Gasteiger charge is 2.47. The molecule has 0 bridgehead atoms. The molecule has 2 aromatic rings. The SMILES string of the molecule is COc1cc(C2C3C(=O)CC(C)(C)C=C3Nc3ccccc3N2C(=O)C(C)C)cc(OC)c1OC. The van der Waals surface area contributed by atoms with Gasteiger partial charge in [-0.1, -0.05) is 45.9 Å². The van der Waals surface area contributed by atoms with Gasteiger partial charge in [0.25, 0.3) is 0 Å². The van der Waals surface area contributed by atoms with Crippen LogP contribution in [0.1, 0.15) is 45.7 Å².